The fourth-order valence-electron chi connectivity index (χ4n) is 2.37. The van der Waals surface area contributed by atoms with E-state index in [1.54, 1.807) is 6.07 Å². The number of nitrogens with zero attached hydrogens (tertiary/aromatic N) is 1. The summed E-state index contributed by atoms with van der Waals surface area (Å²) in [5, 5.41) is 2.38. The molecule has 106 valence electrons. The van der Waals surface area contributed by atoms with Crippen LogP contribution in [0.4, 0.5) is 10.1 Å². The highest BCUT2D eigenvalue weighted by Crippen LogP contribution is 2.35. The van der Waals surface area contributed by atoms with Crippen LogP contribution in [0.1, 0.15) is 18.4 Å². The lowest BCUT2D eigenvalue weighted by molar-refractivity contribution is 0.630. The number of isothiocyanates is 1. The maximum Gasteiger partial charge on any atom is 0.151 e. The Kier molecular flexibility index (Phi) is 4.16. The van der Waals surface area contributed by atoms with E-state index in [0.29, 0.717) is 0 Å². The van der Waals surface area contributed by atoms with Crippen molar-refractivity contribution in [2.75, 3.05) is 0 Å². The highest BCUT2D eigenvalue weighted by atomic mass is 35.5. The van der Waals surface area contributed by atoms with Gasteiger partial charge in [-0.05, 0) is 66.2 Å². The molecule has 2 aromatic carbocycles. The quantitative estimate of drug-likeness (QED) is 0.510. The third-order valence-electron chi connectivity index (χ3n) is 3.68. The molecule has 0 unspecified atom stereocenters. The lowest BCUT2D eigenvalue weighted by Gasteiger charge is -2.07. The van der Waals surface area contributed by atoms with Crippen LogP contribution in [0.2, 0.25) is 5.02 Å². The van der Waals surface area contributed by atoms with E-state index >= 15 is 0 Å². The van der Waals surface area contributed by atoms with Crippen LogP contribution in [0.5, 0.6) is 0 Å². The molecule has 0 radical (unpaired) electrons. The van der Waals surface area contributed by atoms with Gasteiger partial charge in [0.05, 0.1) is 10.2 Å². The summed E-state index contributed by atoms with van der Waals surface area (Å²) in [6.45, 7) is 0. The molecule has 0 aliphatic heterocycles. The molecule has 0 aromatic heterocycles. The Morgan fingerprint density at radius 3 is 2.48 bits per heavy atom. The molecule has 1 nitrogen and oxygen atoms in total. The van der Waals surface area contributed by atoms with Crippen molar-refractivity contribution in [3.8, 4) is 11.1 Å². The Morgan fingerprint density at radius 1 is 1.19 bits per heavy atom. The van der Waals surface area contributed by atoms with Crippen molar-refractivity contribution in [3.63, 3.8) is 0 Å². The molecule has 1 aliphatic rings. The van der Waals surface area contributed by atoms with Crippen LogP contribution in [0.3, 0.4) is 0 Å². The standard InChI is InChI=1S/C17H13ClFNS/c18-15-8-14(9-16(19)17(15)20-10-21)13-5-3-12(4-6-13)7-11-1-2-11/h3-6,8-9,11H,1-2,7H2. The third-order valence-corrected chi connectivity index (χ3v) is 4.06. The van der Waals surface area contributed by atoms with Crippen molar-refractivity contribution >= 4 is 34.7 Å². The summed E-state index contributed by atoms with van der Waals surface area (Å²) in [4.78, 5) is 3.65. The van der Waals surface area contributed by atoms with Crippen LogP contribution in [0.25, 0.3) is 11.1 Å². The van der Waals surface area contributed by atoms with E-state index in [4.69, 9.17) is 11.6 Å². The minimum Gasteiger partial charge on any atom is -0.205 e. The molecule has 1 saturated carbocycles. The first kappa shape index (κ1) is 14.4. The van der Waals surface area contributed by atoms with E-state index in [1.165, 1.54) is 24.5 Å². The maximum absolute atomic E-state index is 14.0. The molecule has 0 amide bonds. The smallest absolute Gasteiger partial charge is 0.151 e. The van der Waals surface area contributed by atoms with Crippen molar-refractivity contribution < 1.29 is 4.39 Å². The molecule has 21 heavy (non-hydrogen) atoms. The summed E-state index contributed by atoms with van der Waals surface area (Å²) in [7, 11) is 0. The molecule has 2 aromatic rings. The van der Waals surface area contributed by atoms with E-state index < -0.39 is 5.82 Å². The summed E-state index contributed by atoms with van der Waals surface area (Å²) in [5.41, 5.74) is 3.04. The van der Waals surface area contributed by atoms with Gasteiger partial charge in [0.1, 0.15) is 5.69 Å². The average molecular weight is 318 g/mol. The number of hydrogen-bond donors (Lipinski definition) is 0. The minimum atomic E-state index is -0.489. The van der Waals surface area contributed by atoms with Gasteiger partial charge in [-0.1, -0.05) is 35.9 Å². The highest BCUT2D eigenvalue weighted by molar-refractivity contribution is 7.78. The molecular weight excluding hydrogens is 305 g/mol. The lowest BCUT2D eigenvalue weighted by atomic mass is 10.0. The molecule has 0 atom stereocenters. The van der Waals surface area contributed by atoms with Gasteiger partial charge in [-0.2, -0.15) is 4.99 Å². The number of hydrogen-bond acceptors (Lipinski definition) is 2. The predicted molar refractivity (Wildman–Crippen MR) is 88.0 cm³/mol. The average Bonchev–Trinajstić information content (AvgIpc) is 3.27. The molecule has 3 rings (SSSR count). The number of thiocarbonyl (C=S) groups is 1. The van der Waals surface area contributed by atoms with Gasteiger partial charge in [0.15, 0.2) is 5.82 Å². The van der Waals surface area contributed by atoms with Gasteiger partial charge in [-0.25, -0.2) is 4.39 Å². The molecule has 0 heterocycles. The molecule has 0 bridgehead atoms. The maximum atomic E-state index is 14.0. The predicted octanol–water partition coefficient (Wildman–Crippen LogP) is 5.83. The zero-order valence-electron chi connectivity index (χ0n) is 11.3. The van der Waals surface area contributed by atoms with Crippen LogP contribution in [0.15, 0.2) is 41.4 Å². The Balaban J connectivity index is 1.90. The van der Waals surface area contributed by atoms with Crippen LogP contribution in [0, 0.1) is 11.7 Å². The summed E-state index contributed by atoms with van der Waals surface area (Å²) >= 11 is 10.5. The zero-order valence-corrected chi connectivity index (χ0v) is 12.8. The van der Waals surface area contributed by atoms with Crippen molar-refractivity contribution in [1.29, 1.82) is 0 Å². The summed E-state index contributed by atoms with van der Waals surface area (Å²) in [6, 6.07) is 11.3. The lowest BCUT2D eigenvalue weighted by Crippen LogP contribution is -1.88. The molecule has 0 saturated heterocycles. The monoisotopic (exact) mass is 317 g/mol. The SMILES string of the molecule is Fc1cc(-c2ccc(CC3CC3)cc2)cc(Cl)c1N=C=S. The van der Waals surface area contributed by atoms with Gasteiger partial charge in [0, 0.05) is 0 Å². The first-order valence-electron chi connectivity index (χ1n) is 6.83. The first-order valence-corrected chi connectivity index (χ1v) is 7.62. The fraction of sp³-hybridized carbons (Fsp3) is 0.235. The molecule has 1 fully saturated rings. The van der Waals surface area contributed by atoms with Crippen LogP contribution >= 0.6 is 23.8 Å². The Morgan fingerprint density at radius 2 is 1.90 bits per heavy atom. The van der Waals surface area contributed by atoms with Crippen LogP contribution < -0.4 is 0 Å². The van der Waals surface area contributed by atoms with Crippen molar-refractivity contribution in [1.82, 2.24) is 0 Å². The van der Waals surface area contributed by atoms with Crippen molar-refractivity contribution in [3.05, 3.63) is 52.8 Å². The number of halogens is 2. The van der Waals surface area contributed by atoms with Crippen LogP contribution in [-0.4, -0.2) is 5.16 Å². The number of aliphatic imine (C=N–C) groups is 1. The first-order chi connectivity index (χ1) is 10.2. The van der Waals surface area contributed by atoms with Crippen LogP contribution in [-0.2, 0) is 6.42 Å². The Bertz CT molecular complexity index is 693. The molecule has 1 aliphatic carbocycles. The Hall–Kier alpha value is -1.54. The minimum absolute atomic E-state index is 0.0424. The molecule has 0 N–H and O–H groups in total. The summed E-state index contributed by atoms with van der Waals surface area (Å²) < 4.78 is 14.0. The van der Waals surface area contributed by atoms with E-state index in [2.05, 4.69) is 34.5 Å². The van der Waals surface area contributed by atoms with Crippen molar-refractivity contribution in [2.45, 2.75) is 19.3 Å². The molecule has 4 heteroatoms. The largest absolute Gasteiger partial charge is 0.205 e. The zero-order chi connectivity index (χ0) is 14.8. The number of benzene rings is 2. The molecular formula is C17H13ClFNS. The summed E-state index contributed by atoms with van der Waals surface area (Å²) in [6.07, 6.45) is 3.81. The van der Waals surface area contributed by atoms with Gasteiger partial charge in [-0.3, -0.25) is 0 Å². The Labute approximate surface area is 133 Å². The second-order valence-electron chi connectivity index (χ2n) is 5.34. The van der Waals surface area contributed by atoms with Gasteiger partial charge < -0.3 is 0 Å². The van der Waals surface area contributed by atoms with E-state index in [-0.39, 0.29) is 10.7 Å². The van der Waals surface area contributed by atoms with Crippen molar-refractivity contribution in [2.24, 2.45) is 10.9 Å². The van der Waals surface area contributed by atoms with Gasteiger partial charge in [0.25, 0.3) is 0 Å². The van der Waals surface area contributed by atoms with Gasteiger partial charge >= 0.3 is 0 Å². The fourth-order valence-corrected chi connectivity index (χ4v) is 2.71. The second-order valence-corrected chi connectivity index (χ2v) is 5.93. The van der Waals surface area contributed by atoms with E-state index in [9.17, 15) is 4.39 Å². The van der Waals surface area contributed by atoms with Gasteiger partial charge in [0.2, 0.25) is 0 Å². The molecule has 0 spiro atoms. The third kappa shape index (κ3) is 3.38. The normalized spacial score (nSPS) is 13.8. The van der Waals surface area contributed by atoms with Gasteiger partial charge in [-0.15, -0.1) is 0 Å². The topological polar surface area (TPSA) is 12.4 Å². The summed E-state index contributed by atoms with van der Waals surface area (Å²) in [5.74, 6) is 0.367. The number of rotatable bonds is 4. The van der Waals surface area contributed by atoms with E-state index in [1.807, 2.05) is 12.1 Å². The second kappa shape index (κ2) is 6.07. The van der Waals surface area contributed by atoms with E-state index in [0.717, 1.165) is 23.5 Å². The highest BCUT2D eigenvalue weighted by Gasteiger charge is 2.21.